The second-order valence-electron chi connectivity index (χ2n) is 10.5. The van der Waals surface area contributed by atoms with Crippen LogP contribution in [0.15, 0.2) is 36.7 Å². The summed E-state index contributed by atoms with van der Waals surface area (Å²) in [5.74, 6) is 4.71. The first-order chi connectivity index (χ1) is 19.9. The zero-order chi connectivity index (χ0) is 28.9. The number of nitrogens with zero attached hydrogens (tertiary/aromatic N) is 5. The lowest BCUT2D eigenvalue weighted by Crippen LogP contribution is -2.52. The van der Waals surface area contributed by atoms with Crippen molar-refractivity contribution in [2.24, 2.45) is 0 Å². The molecule has 2 saturated heterocycles. The van der Waals surface area contributed by atoms with Crippen molar-refractivity contribution in [1.29, 1.82) is 0 Å². The normalized spacial score (nSPS) is 16.7. The SMILES string of the molecule is COc1cc(N2CCC(N3CCN(C)CC3)CC2)ccc1Nc1ncc(C#Cc2c(F)c(C)cc(OC)c2F)cn1. The lowest BCUT2D eigenvalue weighted by molar-refractivity contribution is 0.0982. The number of halogens is 2. The van der Waals surface area contributed by atoms with E-state index in [0.29, 0.717) is 23.3 Å². The van der Waals surface area contributed by atoms with E-state index < -0.39 is 11.6 Å². The van der Waals surface area contributed by atoms with Gasteiger partial charge in [-0.2, -0.15) is 0 Å². The number of nitrogens with one attached hydrogen (secondary N) is 1. The number of methoxy groups -OCH3 is 2. The number of aromatic nitrogens is 2. The van der Waals surface area contributed by atoms with Crippen LogP contribution in [0.3, 0.4) is 0 Å². The quantitative estimate of drug-likeness (QED) is 0.443. The first kappa shape index (κ1) is 28.6. The molecule has 41 heavy (non-hydrogen) atoms. The third kappa shape index (κ3) is 6.53. The van der Waals surface area contributed by atoms with Gasteiger partial charge in [-0.15, -0.1) is 0 Å². The summed E-state index contributed by atoms with van der Waals surface area (Å²) in [6.45, 7) is 8.17. The Hall–Kier alpha value is -3.94. The smallest absolute Gasteiger partial charge is 0.227 e. The van der Waals surface area contributed by atoms with Gasteiger partial charge in [-0.25, -0.2) is 18.7 Å². The molecule has 2 aromatic carbocycles. The molecule has 0 spiro atoms. The third-order valence-corrected chi connectivity index (χ3v) is 7.87. The number of ether oxygens (including phenoxy) is 2. The Balaban J connectivity index is 1.23. The number of piperidine rings is 1. The average Bonchev–Trinajstić information content (AvgIpc) is 3.00. The van der Waals surface area contributed by atoms with Crippen molar-refractivity contribution in [2.75, 3.05) is 70.8 Å². The van der Waals surface area contributed by atoms with Crippen LogP contribution < -0.4 is 19.7 Å². The molecule has 5 rings (SSSR count). The van der Waals surface area contributed by atoms with Crippen molar-refractivity contribution in [3.05, 3.63) is 65.0 Å². The number of likely N-dealkylation sites (N-methyl/N-ethyl adjacent to an activating group) is 1. The highest BCUT2D eigenvalue weighted by atomic mass is 19.1. The van der Waals surface area contributed by atoms with Crippen molar-refractivity contribution < 1.29 is 18.3 Å². The van der Waals surface area contributed by atoms with Gasteiger partial charge < -0.3 is 24.6 Å². The fourth-order valence-electron chi connectivity index (χ4n) is 5.37. The molecule has 3 heterocycles. The Labute approximate surface area is 240 Å². The van der Waals surface area contributed by atoms with Crippen molar-refractivity contribution in [1.82, 2.24) is 19.8 Å². The van der Waals surface area contributed by atoms with Gasteiger partial charge in [0.1, 0.15) is 17.1 Å². The number of benzene rings is 2. The molecule has 1 N–H and O–H groups in total. The second-order valence-corrected chi connectivity index (χ2v) is 10.5. The molecule has 0 saturated carbocycles. The third-order valence-electron chi connectivity index (χ3n) is 7.87. The van der Waals surface area contributed by atoms with Crippen LogP contribution in [0.25, 0.3) is 0 Å². The minimum Gasteiger partial charge on any atom is -0.494 e. The summed E-state index contributed by atoms with van der Waals surface area (Å²) >= 11 is 0. The van der Waals surface area contributed by atoms with E-state index in [4.69, 9.17) is 9.47 Å². The molecule has 0 aliphatic carbocycles. The number of piperazine rings is 1. The van der Waals surface area contributed by atoms with E-state index >= 15 is 0 Å². The predicted octanol–water partition coefficient (Wildman–Crippen LogP) is 4.44. The number of rotatable bonds is 6. The molecule has 0 radical (unpaired) electrons. The fraction of sp³-hybridized carbons (Fsp3) is 0.419. The Morgan fingerprint density at radius 3 is 2.22 bits per heavy atom. The Morgan fingerprint density at radius 2 is 1.56 bits per heavy atom. The molecule has 8 nitrogen and oxygen atoms in total. The maximum absolute atomic E-state index is 14.5. The summed E-state index contributed by atoms with van der Waals surface area (Å²) in [4.78, 5) is 16.1. The molecule has 3 aromatic rings. The number of anilines is 3. The average molecular weight is 563 g/mol. The van der Waals surface area contributed by atoms with E-state index in [1.54, 1.807) is 7.11 Å². The van der Waals surface area contributed by atoms with Crippen LogP contribution in [0.4, 0.5) is 26.1 Å². The van der Waals surface area contributed by atoms with Crippen molar-refractivity contribution in [3.63, 3.8) is 0 Å². The molecule has 0 atom stereocenters. The monoisotopic (exact) mass is 562 g/mol. The zero-order valence-corrected chi connectivity index (χ0v) is 24.0. The van der Waals surface area contributed by atoms with Gasteiger partial charge in [0.2, 0.25) is 5.95 Å². The van der Waals surface area contributed by atoms with Crippen molar-refractivity contribution in [2.45, 2.75) is 25.8 Å². The van der Waals surface area contributed by atoms with E-state index in [2.05, 4.69) is 54.9 Å². The number of hydrogen-bond acceptors (Lipinski definition) is 8. The minimum absolute atomic E-state index is 0.0564. The lowest BCUT2D eigenvalue weighted by atomic mass is 10.0. The molecule has 216 valence electrons. The van der Waals surface area contributed by atoms with Crippen LogP contribution in [0.5, 0.6) is 11.5 Å². The molecule has 2 fully saturated rings. The zero-order valence-electron chi connectivity index (χ0n) is 24.0. The predicted molar refractivity (Wildman–Crippen MR) is 156 cm³/mol. The molecule has 10 heteroatoms. The fourth-order valence-corrected chi connectivity index (χ4v) is 5.37. The van der Waals surface area contributed by atoms with Gasteiger partial charge in [-0.05, 0) is 50.6 Å². The van der Waals surface area contributed by atoms with Crippen LogP contribution in [0.2, 0.25) is 0 Å². The molecule has 1 aromatic heterocycles. The molecule has 0 bridgehead atoms. The van der Waals surface area contributed by atoms with E-state index in [1.807, 2.05) is 12.1 Å². The van der Waals surface area contributed by atoms with Gasteiger partial charge in [0, 0.05) is 69.5 Å². The molecule has 2 aliphatic heterocycles. The first-order valence-electron chi connectivity index (χ1n) is 13.9. The van der Waals surface area contributed by atoms with Crippen molar-refractivity contribution in [3.8, 4) is 23.3 Å². The van der Waals surface area contributed by atoms with Crippen LogP contribution in [0, 0.1) is 30.4 Å². The highest BCUT2D eigenvalue weighted by Crippen LogP contribution is 2.33. The van der Waals surface area contributed by atoms with E-state index in [0.717, 1.165) is 63.5 Å². The van der Waals surface area contributed by atoms with Gasteiger partial charge in [0.15, 0.2) is 11.6 Å². The topological polar surface area (TPSA) is 66.0 Å². The van der Waals surface area contributed by atoms with Gasteiger partial charge in [-0.3, -0.25) is 4.90 Å². The van der Waals surface area contributed by atoms with Crippen LogP contribution in [-0.4, -0.2) is 86.3 Å². The van der Waals surface area contributed by atoms with Gasteiger partial charge >= 0.3 is 0 Å². The second kappa shape index (κ2) is 12.7. The van der Waals surface area contributed by atoms with Gasteiger partial charge in [0.05, 0.1) is 25.5 Å². The van der Waals surface area contributed by atoms with Gasteiger partial charge in [0.25, 0.3) is 0 Å². The number of hydrogen-bond donors (Lipinski definition) is 1. The number of aryl methyl sites for hydroxylation is 1. The maximum Gasteiger partial charge on any atom is 0.227 e. The van der Waals surface area contributed by atoms with E-state index in [1.165, 1.54) is 32.5 Å². The molecule has 0 amide bonds. The van der Waals surface area contributed by atoms with E-state index in [-0.39, 0.29) is 16.9 Å². The minimum atomic E-state index is -0.836. The van der Waals surface area contributed by atoms with Gasteiger partial charge in [-0.1, -0.05) is 11.8 Å². The van der Waals surface area contributed by atoms with E-state index in [9.17, 15) is 8.78 Å². The Kier molecular flexibility index (Phi) is 8.86. The highest BCUT2D eigenvalue weighted by molar-refractivity contribution is 5.68. The lowest BCUT2D eigenvalue weighted by Gasteiger charge is -2.42. The highest BCUT2D eigenvalue weighted by Gasteiger charge is 2.27. The Bertz CT molecular complexity index is 1420. The summed E-state index contributed by atoms with van der Waals surface area (Å²) in [6.07, 6.45) is 5.31. The standard InChI is InChI=1S/C31H36F2N6O2/c1-21-17-28(41-4)30(33)25(29(21)32)7-5-22-19-34-31(35-20-22)36-26-8-6-24(18-27(26)40-3)38-11-9-23(10-12-38)39-15-13-37(2)14-16-39/h6,8,17-20,23H,9-16H2,1-4H3,(H,34,35,36). The van der Waals surface area contributed by atoms with Crippen LogP contribution in [-0.2, 0) is 0 Å². The molecular weight excluding hydrogens is 526 g/mol. The van der Waals surface area contributed by atoms with Crippen LogP contribution >= 0.6 is 0 Å². The summed E-state index contributed by atoms with van der Waals surface area (Å²) < 4.78 is 39.6. The largest absolute Gasteiger partial charge is 0.494 e. The Morgan fingerprint density at radius 1 is 0.878 bits per heavy atom. The summed E-state index contributed by atoms with van der Waals surface area (Å²) in [5, 5.41) is 3.19. The molecule has 2 aliphatic rings. The maximum atomic E-state index is 14.5. The van der Waals surface area contributed by atoms with Crippen LogP contribution in [0.1, 0.15) is 29.5 Å². The summed E-state index contributed by atoms with van der Waals surface area (Å²) in [5.41, 5.74) is 2.18. The van der Waals surface area contributed by atoms with Crippen molar-refractivity contribution >= 4 is 17.3 Å². The molecular formula is C31H36F2N6O2. The summed E-state index contributed by atoms with van der Waals surface area (Å²) in [6, 6.07) is 8.05. The first-order valence-corrected chi connectivity index (χ1v) is 13.9. The molecule has 0 unspecified atom stereocenters. The summed E-state index contributed by atoms with van der Waals surface area (Å²) in [7, 11) is 5.16.